The van der Waals surface area contributed by atoms with E-state index in [0.29, 0.717) is 31.3 Å². The number of carbonyl (C=O) groups is 2. The molecule has 8 nitrogen and oxygen atoms in total. The Hall–Kier alpha value is -2.60. The van der Waals surface area contributed by atoms with Crippen molar-refractivity contribution in [2.75, 3.05) is 43.8 Å². The van der Waals surface area contributed by atoms with E-state index in [-0.39, 0.29) is 29.9 Å². The Bertz CT molecular complexity index is 941. The lowest BCUT2D eigenvalue weighted by molar-refractivity contribution is -0.137. The third-order valence-electron chi connectivity index (χ3n) is 5.02. The molecule has 2 heterocycles. The summed E-state index contributed by atoms with van der Waals surface area (Å²) in [7, 11) is 0. The van der Waals surface area contributed by atoms with E-state index in [1.54, 1.807) is 11.2 Å². The van der Waals surface area contributed by atoms with Gasteiger partial charge in [0.15, 0.2) is 5.16 Å². The normalized spacial score (nSPS) is 15.2. The summed E-state index contributed by atoms with van der Waals surface area (Å²) in [6.07, 6.45) is -2.91. The number of benzene rings is 1. The monoisotopic (exact) mass is 470 g/mol. The maximum atomic E-state index is 13.1. The van der Waals surface area contributed by atoms with Gasteiger partial charge in [-0.2, -0.15) is 13.2 Å². The molecule has 0 saturated carbocycles. The quantitative estimate of drug-likeness (QED) is 0.627. The zero-order valence-corrected chi connectivity index (χ0v) is 18.6. The zero-order valence-electron chi connectivity index (χ0n) is 17.8. The van der Waals surface area contributed by atoms with Gasteiger partial charge in [-0.25, -0.2) is 0 Å². The van der Waals surface area contributed by atoms with Crippen LogP contribution in [0.25, 0.3) is 0 Å². The van der Waals surface area contributed by atoms with Crippen molar-refractivity contribution < 1.29 is 22.8 Å². The van der Waals surface area contributed by atoms with E-state index in [1.165, 1.54) is 30.0 Å². The van der Waals surface area contributed by atoms with E-state index in [9.17, 15) is 22.8 Å². The fraction of sp³-hybridized carbons (Fsp3) is 0.500. The molecule has 1 aromatic heterocycles. The lowest BCUT2D eigenvalue weighted by atomic mass is 10.1. The highest BCUT2D eigenvalue weighted by atomic mass is 32.2. The Balaban J connectivity index is 1.45. The lowest BCUT2D eigenvalue weighted by Gasteiger charge is -2.34. The van der Waals surface area contributed by atoms with Crippen molar-refractivity contribution in [2.24, 2.45) is 0 Å². The molecule has 1 saturated heterocycles. The van der Waals surface area contributed by atoms with Gasteiger partial charge in [-0.15, -0.1) is 10.2 Å². The first-order valence-electron chi connectivity index (χ1n) is 10.1. The average Bonchev–Trinajstić information content (AvgIpc) is 3.21. The highest BCUT2D eigenvalue weighted by molar-refractivity contribution is 7.99. The standard InChI is InChI=1S/C20H25F3N6O2S/c1-14(2)29-13-24-26-19(29)32-12-18(31)28-9-7-27(8-10-28)11-17(30)25-16-6-4-3-5-15(16)20(21,22)23/h3-6,13-14H,7-12H2,1-2H3,(H,25,30). The second-order valence-electron chi connectivity index (χ2n) is 7.65. The number of carbonyl (C=O) groups excluding carboxylic acids is 2. The number of hydrogen-bond acceptors (Lipinski definition) is 6. The van der Waals surface area contributed by atoms with Gasteiger partial charge >= 0.3 is 6.18 Å². The minimum atomic E-state index is -4.55. The van der Waals surface area contributed by atoms with E-state index in [2.05, 4.69) is 15.5 Å². The number of nitrogens with one attached hydrogen (secondary N) is 1. The Morgan fingerprint density at radius 2 is 1.84 bits per heavy atom. The second kappa shape index (κ2) is 10.3. The molecule has 0 bridgehead atoms. The molecule has 0 aliphatic carbocycles. The van der Waals surface area contributed by atoms with Gasteiger partial charge in [-0.1, -0.05) is 23.9 Å². The number of anilines is 1. The molecule has 2 aromatic rings. The highest BCUT2D eigenvalue weighted by Crippen LogP contribution is 2.34. The average molecular weight is 471 g/mol. The molecule has 32 heavy (non-hydrogen) atoms. The minimum absolute atomic E-state index is 0.0310. The van der Waals surface area contributed by atoms with Crippen molar-refractivity contribution in [3.05, 3.63) is 36.2 Å². The number of nitrogens with zero attached hydrogens (tertiary/aromatic N) is 5. The van der Waals surface area contributed by atoms with Gasteiger partial charge in [-0.3, -0.25) is 14.5 Å². The molecule has 1 N–H and O–H groups in total. The van der Waals surface area contributed by atoms with Crippen LogP contribution in [0, 0.1) is 0 Å². The summed E-state index contributed by atoms with van der Waals surface area (Å²) >= 11 is 1.33. The molecular formula is C20H25F3N6O2S. The van der Waals surface area contributed by atoms with E-state index in [0.717, 1.165) is 6.07 Å². The molecule has 12 heteroatoms. The fourth-order valence-corrected chi connectivity index (χ4v) is 4.24. The molecular weight excluding hydrogens is 445 g/mol. The fourth-order valence-electron chi connectivity index (χ4n) is 3.29. The smallest absolute Gasteiger partial charge is 0.339 e. The van der Waals surface area contributed by atoms with Gasteiger partial charge in [0.1, 0.15) is 6.33 Å². The summed E-state index contributed by atoms with van der Waals surface area (Å²) in [5, 5.41) is 10.9. The molecule has 0 unspecified atom stereocenters. The molecule has 0 radical (unpaired) electrons. The summed E-state index contributed by atoms with van der Waals surface area (Å²) in [5.74, 6) is -0.318. The summed E-state index contributed by atoms with van der Waals surface area (Å²) in [4.78, 5) is 28.3. The third kappa shape index (κ3) is 6.22. The molecule has 174 valence electrons. The van der Waals surface area contributed by atoms with Crippen LogP contribution >= 0.6 is 11.8 Å². The number of piperazine rings is 1. The first kappa shape index (κ1) is 24.1. The van der Waals surface area contributed by atoms with Crippen LogP contribution in [-0.4, -0.2) is 74.9 Å². The van der Waals surface area contributed by atoms with Gasteiger partial charge in [0, 0.05) is 32.2 Å². The van der Waals surface area contributed by atoms with Gasteiger partial charge in [0.05, 0.1) is 23.5 Å². The first-order valence-corrected chi connectivity index (χ1v) is 11.1. The van der Waals surface area contributed by atoms with E-state index >= 15 is 0 Å². The maximum Gasteiger partial charge on any atom is 0.418 e. The second-order valence-corrected chi connectivity index (χ2v) is 8.59. The number of thioether (sulfide) groups is 1. The van der Waals surface area contributed by atoms with Crippen LogP contribution in [0.2, 0.25) is 0 Å². The molecule has 1 aliphatic rings. The van der Waals surface area contributed by atoms with Crippen molar-refractivity contribution in [2.45, 2.75) is 31.2 Å². The van der Waals surface area contributed by atoms with Crippen molar-refractivity contribution in [1.29, 1.82) is 0 Å². The molecule has 1 fully saturated rings. The van der Waals surface area contributed by atoms with Crippen LogP contribution in [0.1, 0.15) is 25.5 Å². The number of alkyl halides is 3. The molecule has 0 atom stereocenters. The Kier molecular flexibility index (Phi) is 7.77. The number of aromatic nitrogens is 3. The number of amides is 2. The van der Waals surface area contributed by atoms with Crippen LogP contribution < -0.4 is 5.32 Å². The summed E-state index contributed by atoms with van der Waals surface area (Å²) in [6.45, 7) is 5.80. The first-order chi connectivity index (χ1) is 15.1. The number of hydrogen-bond donors (Lipinski definition) is 1. The van der Waals surface area contributed by atoms with Crippen molar-refractivity contribution >= 4 is 29.3 Å². The van der Waals surface area contributed by atoms with Crippen LogP contribution in [0.4, 0.5) is 18.9 Å². The van der Waals surface area contributed by atoms with Crippen LogP contribution in [0.3, 0.4) is 0 Å². The van der Waals surface area contributed by atoms with Crippen molar-refractivity contribution in [3.63, 3.8) is 0 Å². The molecule has 3 rings (SSSR count). The van der Waals surface area contributed by atoms with E-state index in [4.69, 9.17) is 0 Å². The summed E-state index contributed by atoms with van der Waals surface area (Å²) < 4.78 is 41.1. The SMILES string of the molecule is CC(C)n1cnnc1SCC(=O)N1CCN(CC(=O)Nc2ccccc2C(F)(F)F)CC1. The number of rotatable bonds is 7. The van der Waals surface area contributed by atoms with Crippen molar-refractivity contribution in [1.82, 2.24) is 24.6 Å². The zero-order chi connectivity index (χ0) is 23.3. The van der Waals surface area contributed by atoms with Crippen molar-refractivity contribution in [3.8, 4) is 0 Å². The topological polar surface area (TPSA) is 83.4 Å². The minimum Gasteiger partial charge on any atom is -0.339 e. The van der Waals surface area contributed by atoms with E-state index < -0.39 is 17.6 Å². The molecule has 1 aromatic carbocycles. The highest BCUT2D eigenvalue weighted by Gasteiger charge is 2.33. The number of halogens is 3. The maximum absolute atomic E-state index is 13.1. The van der Waals surface area contributed by atoms with Gasteiger partial charge in [0.2, 0.25) is 11.8 Å². The van der Waals surface area contributed by atoms with Crippen LogP contribution in [-0.2, 0) is 15.8 Å². The van der Waals surface area contributed by atoms with Gasteiger partial charge in [-0.05, 0) is 26.0 Å². The lowest BCUT2D eigenvalue weighted by Crippen LogP contribution is -2.51. The Morgan fingerprint density at radius 1 is 1.16 bits per heavy atom. The van der Waals surface area contributed by atoms with Crippen LogP contribution in [0.15, 0.2) is 35.7 Å². The Morgan fingerprint density at radius 3 is 2.50 bits per heavy atom. The summed E-state index contributed by atoms with van der Waals surface area (Å²) in [5.41, 5.74) is -1.14. The Labute approximate surface area is 188 Å². The van der Waals surface area contributed by atoms with E-state index in [1.807, 2.05) is 23.3 Å². The van der Waals surface area contributed by atoms with Gasteiger partial charge in [0.25, 0.3) is 0 Å². The molecule has 0 spiro atoms. The predicted octanol–water partition coefficient (Wildman–Crippen LogP) is 2.75. The van der Waals surface area contributed by atoms with Gasteiger partial charge < -0.3 is 14.8 Å². The predicted molar refractivity (Wildman–Crippen MR) is 114 cm³/mol. The molecule has 1 aliphatic heterocycles. The van der Waals surface area contributed by atoms with Crippen LogP contribution in [0.5, 0.6) is 0 Å². The largest absolute Gasteiger partial charge is 0.418 e. The number of para-hydroxylation sites is 1. The third-order valence-corrected chi connectivity index (χ3v) is 5.96. The summed E-state index contributed by atoms with van der Waals surface area (Å²) in [6, 6.07) is 5.08. The molecule has 2 amide bonds.